The molecule has 0 bridgehead atoms. The van der Waals surface area contributed by atoms with Gasteiger partial charge in [0.25, 0.3) is 0 Å². The molecule has 1 atom stereocenters. The Balaban J connectivity index is 1.64. The molecule has 0 radical (unpaired) electrons. The van der Waals surface area contributed by atoms with Crippen LogP contribution >= 0.6 is 11.6 Å². The lowest BCUT2D eigenvalue weighted by atomic mass is 10.0. The molecule has 0 saturated heterocycles. The molecular formula is C20H20ClFN2O3. The SMILES string of the molecule is COCC(=O)N(Cc1ccc(F)cc1)C[C@H]1CC(c2ccc(Cl)cc2)=NO1. The summed E-state index contributed by atoms with van der Waals surface area (Å²) >= 11 is 5.92. The second-order valence-corrected chi connectivity index (χ2v) is 6.75. The zero-order valence-electron chi connectivity index (χ0n) is 14.9. The van der Waals surface area contributed by atoms with E-state index < -0.39 is 0 Å². The number of methoxy groups -OCH3 is 1. The first-order chi connectivity index (χ1) is 13.0. The van der Waals surface area contributed by atoms with E-state index in [0.717, 1.165) is 16.8 Å². The maximum Gasteiger partial charge on any atom is 0.248 e. The third-order valence-corrected chi connectivity index (χ3v) is 4.49. The van der Waals surface area contributed by atoms with Crippen molar-refractivity contribution in [2.24, 2.45) is 5.16 Å². The van der Waals surface area contributed by atoms with Gasteiger partial charge in [0.15, 0.2) is 6.10 Å². The molecule has 142 valence electrons. The number of carbonyl (C=O) groups excluding carboxylic acids is 1. The van der Waals surface area contributed by atoms with E-state index >= 15 is 0 Å². The fraction of sp³-hybridized carbons (Fsp3) is 0.300. The van der Waals surface area contributed by atoms with Gasteiger partial charge in [-0.3, -0.25) is 4.79 Å². The fourth-order valence-corrected chi connectivity index (χ4v) is 2.99. The molecule has 0 saturated carbocycles. The average molecular weight is 391 g/mol. The van der Waals surface area contributed by atoms with E-state index in [9.17, 15) is 9.18 Å². The van der Waals surface area contributed by atoms with Crippen molar-refractivity contribution in [3.05, 3.63) is 70.5 Å². The molecule has 1 heterocycles. The highest BCUT2D eigenvalue weighted by Gasteiger charge is 2.26. The van der Waals surface area contributed by atoms with Crippen LogP contribution in [0.2, 0.25) is 5.02 Å². The number of amides is 1. The van der Waals surface area contributed by atoms with Crippen molar-refractivity contribution in [2.75, 3.05) is 20.3 Å². The van der Waals surface area contributed by atoms with Gasteiger partial charge in [-0.25, -0.2) is 4.39 Å². The monoisotopic (exact) mass is 390 g/mol. The maximum absolute atomic E-state index is 13.1. The minimum Gasteiger partial charge on any atom is -0.390 e. The molecule has 3 rings (SSSR count). The van der Waals surface area contributed by atoms with Gasteiger partial charge in [0.2, 0.25) is 5.91 Å². The summed E-state index contributed by atoms with van der Waals surface area (Å²) in [6, 6.07) is 13.5. The van der Waals surface area contributed by atoms with E-state index in [1.807, 2.05) is 12.1 Å². The number of benzene rings is 2. The summed E-state index contributed by atoms with van der Waals surface area (Å²) in [6.07, 6.45) is 0.332. The highest BCUT2D eigenvalue weighted by molar-refractivity contribution is 6.30. The average Bonchev–Trinajstić information content (AvgIpc) is 3.12. The molecule has 2 aromatic rings. The molecule has 27 heavy (non-hydrogen) atoms. The molecule has 0 aromatic heterocycles. The van der Waals surface area contributed by atoms with Crippen LogP contribution in [0.15, 0.2) is 53.7 Å². The lowest BCUT2D eigenvalue weighted by Gasteiger charge is -2.24. The van der Waals surface area contributed by atoms with Crippen molar-refractivity contribution in [1.82, 2.24) is 4.90 Å². The number of carbonyl (C=O) groups is 1. The van der Waals surface area contributed by atoms with Crippen molar-refractivity contribution < 1.29 is 18.8 Å². The predicted molar refractivity (Wildman–Crippen MR) is 101 cm³/mol. The molecule has 0 N–H and O–H groups in total. The number of halogens is 2. The summed E-state index contributed by atoms with van der Waals surface area (Å²) in [4.78, 5) is 19.6. The maximum atomic E-state index is 13.1. The zero-order chi connectivity index (χ0) is 19.2. The lowest BCUT2D eigenvalue weighted by molar-refractivity contribution is -0.137. The third kappa shape index (κ3) is 5.28. The number of rotatable bonds is 7. The standard InChI is InChI=1S/C20H20ClFN2O3/c1-26-13-20(25)24(11-14-2-8-17(22)9-3-14)12-18-10-19(23-27-18)15-4-6-16(21)7-5-15/h2-9,18H,10-13H2,1H3/t18-/m1/s1. The first kappa shape index (κ1) is 19.3. The summed E-state index contributed by atoms with van der Waals surface area (Å²) in [5.41, 5.74) is 2.59. The Morgan fingerprint density at radius 2 is 1.96 bits per heavy atom. The summed E-state index contributed by atoms with van der Waals surface area (Å²) in [5.74, 6) is -0.473. The van der Waals surface area contributed by atoms with Gasteiger partial charge >= 0.3 is 0 Å². The normalized spacial score (nSPS) is 16.0. The van der Waals surface area contributed by atoms with E-state index in [4.69, 9.17) is 21.2 Å². The van der Waals surface area contributed by atoms with Crippen LogP contribution in [0.1, 0.15) is 17.5 Å². The highest BCUT2D eigenvalue weighted by Crippen LogP contribution is 2.20. The van der Waals surface area contributed by atoms with Crippen LogP contribution < -0.4 is 0 Å². The number of hydrogen-bond acceptors (Lipinski definition) is 4. The number of nitrogens with zero attached hydrogens (tertiary/aromatic N) is 2. The van der Waals surface area contributed by atoms with Gasteiger partial charge in [-0.1, -0.05) is 41.0 Å². The first-order valence-corrected chi connectivity index (χ1v) is 8.92. The second kappa shape index (κ2) is 8.97. The Morgan fingerprint density at radius 1 is 1.26 bits per heavy atom. The van der Waals surface area contributed by atoms with Gasteiger partial charge in [0, 0.05) is 25.1 Å². The van der Waals surface area contributed by atoms with Crippen LogP contribution in [-0.4, -0.2) is 42.9 Å². The van der Waals surface area contributed by atoms with Gasteiger partial charge < -0.3 is 14.5 Å². The van der Waals surface area contributed by atoms with Crippen LogP contribution in [0, 0.1) is 5.82 Å². The van der Waals surface area contributed by atoms with Gasteiger partial charge in [-0.2, -0.15) is 0 Å². The van der Waals surface area contributed by atoms with Gasteiger partial charge in [0.05, 0.1) is 12.3 Å². The Morgan fingerprint density at radius 3 is 2.63 bits per heavy atom. The molecule has 0 spiro atoms. The van der Waals surface area contributed by atoms with Crippen LogP contribution in [0.5, 0.6) is 0 Å². The largest absolute Gasteiger partial charge is 0.390 e. The van der Waals surface area contributed by atoms with Crippen molar-refractivity contribution in [3.63, 3.8) is 0 Å². The van der Waals surface area contributed by atoms with Crippen LogP contribution in [0.4, 0.5) is 4.39 Å². The smallest absolute Gasteiger partial charge is 0.248 e. The van der Waals surface area contributed by atoms with Crippen molar-refractivity contribution in [2.45, 2.75) is 19.1 Å². The van der Waals surface area contributed by atoms with E-state index in [1.54, 1.807) is 29.2 Å². The number of hydrogen-bond donors (Lipinski definition) is 0. The summed E-state index contributed by atoms with van der Waals surface area (Å²) in [7, 11) is 1.47. The summed E-state index contributed by atoms with van der Waals surface area (Å²) in [5, 5.41) is 4.81. The van der Waals surface area contributed by atoms with E-state index in [1.165, 1.54) is 19.2 Å². The Labute approximate surface area is 162 Å². The Kier molecular flexibility index (Phi) is 6.42. The Hall–Kier alpha value is -2.44. The quantitative estimate of drug-likeness (QED) is 0.725. The van der Waals surface area contributed by atoms with E-state index in [0.29, 0.717) is 24.5 Å². The van der Waals surface area contributed by atoms with Gasteiger partial charge in [0.1, 0.15) is 12.4 Å². The molecule has 7 heteroatoms. The first-order valence-electron chi connectivity index (χ1n) is 8.55. The van der Waals surface area contributed by atoms with Crippen molar-refractivity contribution in [3.8, 4) is 0 Å². The number of ether oxygens (including phenoxy) is 1. The second-order valence-electron chi connectivity index (χ2n) is 6.31. The molecule has 0 fully saturated rings. The molecule has 5 nitrogen and oxygen atoms in total. The van der Waals surface area contributed by atoms with Gasteiger partial charge in [-0.05, 0) is 35.4 Å². The summed E-state index contributed by atoms with van der Waals surface area (Å²) in [6.45, 7) is 0.678. The Bertz CT molecular complexity index is 809. The fourth-order valence-electron chi connectivity index (χ4n) is 2.86. The molecule has 0 aliphatic carbocycles. The minimum absolute atomic E-state index is 0.0290. The molecule has 1 amide bonds. The van der Waals surface area contributed by atoms with Gasteiger partial charge in [-0.15, -0.1) is 0 Å². The third-order valence-electron chi connectivity index (χ3n) is 4.24. The highest BCUT2D eigenvalue weighted by atomic mass is 35.5. The predicted octanol–water partition coefficient (Wildman–Crippen LogP) is 3.65. The van der Waals surface area contributed by atoms with Crippen molar-refractivity contribution >= 4 is 23.2 Å². The molecule has 2 aromatic carbocycles. The summed E-state index contributed by atoms with van der Waals surface area (Å²) < 4.78 is 18.1. The lowest BCUT2D eigenvalue weighted by Crippen LogP contribution is -2.39. The molecular weight excluding hydrogens is 371 g/mol. The van der Waals surface area contributed by atoms with Crippen LogP contribution in [0.25, 0.3) is 0 Å². The van der Waals surface area contributed by atoms with E-state index in [2.05, 4.69) is 5.16 Å². The molecule has 1 aliphatic heterocycles. The van der Waals surface area contributed by atoms with E-state index in [-0.39, 0.29) is 24.4 Å². The van der Waals surface area contributed by atoms with Crippen LogP contribution in [0.3, 0.4) is 0 Å². The minimum atomic E-state index is -0.311. The molecule has 1 aliphatic rings. The van der Waals surface area contributed by atoms with Crippen LogP contribution in [-0.2, 0) is 20.9 Å². The van der Waals surface area contributed by atoms with Crippen molar-refractivity contribution in [1.29, 1.82) is 0 Å². The topological polar surface area (TPSA) is 51.1 Å². The molecule has 0 unspecified atom stereocenters. The number of oxime groups is 1. The zero-order valence-corrected chi connectivity index (χ0v) is 15.7.